The zero-order valence-electron chi connectivity index (χ0n) is 16.5. The van der Waals surface area contributed by atoms with Crippen molar-refractivity contribution in [1.82, 2.24) is 0 Å². The number of rotatable bonds is 5. The maximum Gasteiger partial charge on any atom is 0.248 e. The van der Waals surface area contributed by atoms with Crippen LogP contribution in [0.5, 0.6) is 11.5 Å². The first-order valence-corrected chi connectivity index (χ1v) is 9.88. The van der Waals surface area contributed by atoms with E-state index in [0.717, 1.165) is 18.4 Å². The Balaban J connectivity index is 1.39. The van der Waals surface area contributed by atoms with Crippen molar-refractivity contribution in [1.29, 1.82) is 0 Å². The minimum absolute atomic E-state index is 0.145. The van der Waals surface area contributed by atoms with E-state index in [4.69, 9.17) is 15.2 Å². The molecule has 0 radical (unpaired) electrons. The molecule has 6 nitrogen and oxygen atoms in total. The molecule has 2 amide bonds. The predicted molar refractivity (Wildman–Crippen MR) is 112 cm³/mol. The highest BCUT2D eigenvalue weighted by molar-refractivity contribution is 6.02. The van der Waals surface area contributed by atoms with E-state index in [-0.39, 0.29) is 12.7 Å². The largest absolute Gasteiger partial charge is 0.454 e. The first-order chi connectivity index (χ1) is 15.0. The van der Waals surface area contributed by atoms with Crippen molar-refractivity contribution in [3.05, 3.63) is 77.6 Å². The molecule has 1 aliphatic heterocycles. The molecule has 0 aromatic heterocycles. The minimum atomic E-state index is -0.626. The first kappa shape index (κ1) is 19.1. The molecule has 0 atom stereocenters. The van der Waals surface area contributed by atoms with Crippen molar-refractivity contribution in [2.45, 2.75) is 18.3 Å². The Bertz CT molecular complexity index is 1200. The van der Waals surface area contributed by atoms with E-state index in [2.05, 4.69) is 5.32 Å². The van der Waals surface area contributed by atoms with Gasteiger partial charge in [-0.05, 0) is 66.4 Å². The van der Waals surface area contributed by atoms with Crippen LogP contribution in [0.4, 0.5) is 10.1 Å². The van der Waals surface area contributed by atoms with Gasteiger partial charge in [-0.1, -0.05) is 18.2 Å². The topological polar surface area (TPSA) is 90.7 Å². The fraction of sp³-hybridized carbons (Fsp3) is 0.167. The summed E-state index contributed by atoms with van der Waals surface area (Å²) in [6.07, 6.45) is 1.45. The van der Waals surface area contributed by atoms with E-state index >= 15 is 0 Å². The summed E-state index contributed by atoms with van der Waals surface area (Å²) in [4.78, 5) is 24.4. The molecule has 1 saturated carbocycles. The third kappa shape index (κ3) is 3.38. The maximum atomic E-state index is 14.5. The van der Waals surface area contributed by atoms with Gasteiger partial charge in [0.2, 0.25) is 18.6 Å². The van der Waals surface area contributed by atoms with Gasteiger partial charge < -0.3 is 20.5 Å². The van der Waals surface area contributed by atoms with Gasteiger partial charge in [0.05, 0.1) is 5.41 Å². The van der Waals surface area contributed by atoms with Crippen LogP contribution in [0.3, 0.4) is 0 Å². The maximum absolute atomic E-state index is 14.5. The molecule has 0 bridgehead atoms. The van der Waals surface area contributed by atoms with Crippen molar-refractivity contribution >= 4 is 17.5 Å². The lowest BCUT2D eigenvalue weighted by Crippen LogP contribution is -2.27. The molecule has 31 heavy (non-hydrogen) atoms. The number of carbonyl (C=O) groups is 2. The van der Waals surface area contributed by atoms with Gasteiger partial charge in [0.25, 0.3) is 0 Å². The molecule has 0 saturated heterocycles. The van der Waals surface area contributed by atoms with Gasteiger partial charge in [-0.2, -0.15) is 0 Å². The summed E-state index contributed by atoms with van der Waals surface area (Å²) >= 11 is 0. The van der Waals surface area contributed by atoms with Gasteiger partial charge in [0, 0.05) is 16.8 Å². The van der Waals surface area contributed by atoms with Gasteiger partial charge in [0.15, 0.2) is 11.5 Å². The average Bonchev–Trinajstić information content (AvgIpc) is 3.46. The number of amides is 2. The molecule has 5 rings (SSSR count). The van der Waals surface area contributed by atoms with Crippen LogP contribution in [-0.4, -0.2) is 18.6 Å². The third-order valence-corrected chi connectivity index (χ3v) is 5.81. The van der Waals surface area contributed by atoms with E-state index in [1.807, 2.05) is 18.2 Å². The van der Waals surface area contributed by atoms with Gasteiger partial charge in [-0.25, -0.2) is 4.39 Å². The lowest BCUT2D eigenvalue weighted by atomic mass is 9.94. The Morgan fingerprint density at radius 2 is 1.68 bits per heavy atom. The van der Waals surface area contributed by atoms with Crippen molar-refractivity contribution in [3.8, 4) is 22.6 Å². The van der Waals surface area contributed by atoms with E-state index in [0.29, 0.717) is 33.9 Å². The zero-order valence-corrected chi connectivity index (χ0v) is 16.5. The number of primary amides is 1. The summed E-state index contributed by atoms with van der Waals surface area (Å²) in [5.74, 6) is 0.187. The SMILES string of the molecule is NC(=O)c1ccc(-c2cc(NC(=O)C3(c4ccc5c(c4)OCO5)CC3)ccc2F)cc1. The number of nitrogens with one attached hydrogen (secondary N) is 1. The number of ether oxygens (including phenoxy) is 2. The number of hydrogen-bond acceptors (Lipinski definition) is 4. The molecule has 156 valence electrons. The highest BCUT2D eigenvalue weighted by atomic mass is 19.1. The summed E-state index contributed by atoms with van der Waals surface area (Å²) in [5.41, 5.74) is 7.24. The molecular weight excluding hydrogens is 399 g/mol. The smallest absolute Gasteiger partial charge is 0.248 e. The molecule has 3 N–H and O–H groups in total. The highest BCUT2D eigenvalue weighted by Crippen LogP contribution is 2.51. The van der Waals surface area contributed by atoms with Crippen LogP contribution in [0.15, 0.2) is 60.7 Å². The number of carbonyl (C=O) groups excluding carboxylic acids is 2. The van der Waals surface area contributed by atoms with Crippen molar-refractivity contribution < 1.29 is 23.5 Å². The molecular formula is C24H19FN2O4. The molecule has 1 fully saturated rings. The minimum Gasteiger partial charge on any atom is -0.454 e. The second-order valence-corrected chi connectivity index (χ2v) is 7.74. The van der Waals surface area contributed by atoms with Crippen LogP contribution in [0.25, 0.3) is 11.1 Å². The highest BCUT2D eigenvalue weighted by Gasteiger charge is 2.51. The molecule has 1 aliphatic carbocycles. The molecule has 0 unspecified atom stereocenters. The van der Waals surface area contributed by atoms with Crippen LogP contribution < -0.4 is 20.5 Å². The standard InChI is InChI=1S/C24H19FN2O4/c25-19-7-6-17(12-18(19)14-1-3-15(4-2-14)22(26)28)27-23(29)24(9-10-24)16-5-8-20-21(11-16)31-13-30-20/h1-8,11-12H,9-10,13H2,(H2,26,28)(H,27,29). The number of nitrogens with two attached hydrogens (primary N) is 1. The average molecular weight is 418 g/mol. The van der Waals surface area contributed by atoms with Crippen molar-refractivity contribution in [2.24, 2.45) is 5.73 Å². The van der Waals surface area contributed by atoms with Crippen LogP contribution in [0.1, 0.15) is 28.8 Å². The fourth-order valence-electron chi connectivity index (χ4n) is 3.86. The van der Waals surface area contributed by atoms with Gasteiger partial charge in [-0.3, -0.25) is 9.59 Å². The van der Waals surface area contributed by atoms with Crippen molar-refractivity contribution in [2.75, 3.05) is 12.1 Å². The second-order valence-electron chi connectivity index (χ2n) is 7.74. The molecule has 2 aliphatic rings. The molecule has 3 aromatic carbocycles. The Kier molecular flexibility index (Phi) is 4.39. The summed E-state index contributed by atoms with van der Waals surface area (Å²) < 4.78 is 25.2. The normalized spacial score (nSPS) is 15.4. The van der Waals surface area contributed by atoms with E-state index in [1.54, 1.807) is 30.3 Å². The lowest BCUT2D eigenvalue weighted by molar-refractivity contribution is -0.118. The third-order valence-electron chi connectivity index (χ3n) is 5.81. The zero-order chi connectivity index (χ0) is 21.6. The molecule has 1 heterocycles. The summed E-state index contributed by atoms with van der Waals surface area (Å²) in [6, 6.07) is 16.3. The molecule has 3 aromatic rings. The van der Waals surface area contributed by atoms with E-state index in [1.165, 1.54) is 12.1 Å². The number of fused-ring (bicyclic) bond motifs is 1. The Morgan fingerprint density at radius 3 is 2.39 bits per heavy atom. The predicted octanol–water partition coefficient (Wildman–Crippen LogP) is 3.99. The van der Waals surface area contributed by atoms with Gasteiger partial charge in [0.1, 0.15) is 5.82 Å². The summed E-state index contributed by atoms with van der Waals surface area (Å²) in [5, 5.41) is 2.93. The Morgan fingerprint density at radius 1 is 0.935 bits per heavy atom. The summed E-state index contributed by atoms with van der Waals surface area (Å²) in [7, 11) is 0. The van der Waals surface area contributed by atoms with Crippen LogP contribution in [-0.2, 0) is 10.2 Å². The van der Waals surface area contributed by atoms with Gasteiger partial charge in [-0.15, -0.1) is 0 Å². The summed E-state index contributed by atoms with van der Waals surface area (Å²) in [6.45, 7) is 0.177. The van der Waals surface area contributed by atoms with Crippen LogP contribution >= 0.6 is 0 Å². The fourth-order valence-corrected chi connectivity index (χ4v) is 3.86. The molecule has 0 spiro atoms. The van der Waals surface area contributed by atoms with Crippen LogP contribution in [0, 0.1) is 5.82 Å². The quantitative estimate of drug-likeness (QED) is 0.656. The van der Waals surface area contributed by atoms with E-state index < -0.39 is 17.1 Å². The number of anilines is 1. The first-order valence-electron chi connectivity index (χ1n) is 9.88. The second kappa shape index (κ2) is 7.12. The monoisotopic (exact) mass is 418 g/mol. The lowest BCUT2D eigenvalue weighted by Gasteiger charge is -2.17. The Hall–Kier alpha value is -3.87. The number of hydrogen-bond donors (Lipinski definition) is 2. The van der Waals surface area contributed by atoms with Crippen molar-refractivity contribution in [3.63, 3.8) is 0 Å². The van der Waals surface area contributed by atoms with Gasteiger partial charge >= 0.3 is 0 Å². The van der Waals surface area contributed by atoms with E-state index in [9.17, 15) is 14.0 Å². The Labute approximate surface area is 177 Å². The molecule has 7 heteroatoms. The van der Waals surface area contributed by atoms with Crippen LogP contribution in [0.2, 0.25) is 0 Å². The number of benzene rings is 3. The number of halogens is 1.